The van der Waals surface area contributed by atoms with Gasteiger partial charge in [-0.2, -0.15) is 4.98 Å². The van der Waals surface area contributed by atoms with E-state index in [9.17, 15) is 4.79 Å². The van der Waals surface area contributed by atoms with Crippen LogP contribution in [0.4, 0.5) is 23.1 Å². The Kier molecular flexibility index (Phi) is 3.71. The van der Waals surface area contributed by atoms with E-state index in [1.54, 1.807) is 7.11 Å². The van der Waals surface area contributed by atoms with Crippen LogP contribution in [0.25, 0.3) is 0 Å². The van der Waals surface area contributed by atoms with Crippen LogP contribution in [0.1, 0.15) is 17.7 Å². The number of aryl methyl sites for hydroxylation is 1. The molecule has 1 aromatic heterocycles. The summed E-state index contributed by atoms with van der Waals surface area (Å²) in [5.74, 6) is 2.17. The molecule has 0 unspecified atom stereocenters. The summed E-state index contributed by atoms with van der Waals surface area (Å²) in [7, 11) is 5.48. The van der Waals surface area contributed by atoms with E-state index in [0.29, 0.717) is 11.7 Å². The number of nitrogens with zero attached hydrogens (tertiary/aromatic N) is 4. The lowest BCUT2D eigenvalue weighted by molar-refractivity contribution is -0.115. The maximum atomic E-state index is 12.3. The van der Waals surface area contributed by atoms with Crippen molar-refractivity contribution in [2.75, 3.05) is 42.9 Å². The zero-order chi connectivity index (χ0) is 17.6. The van der Waals surface area contributed by atoms with Crippen molar-refractivity contribution in [2.24, 2.45) is 0 Å². The van der Waals surface area contributed by atoms with Crippen molar-refractivity contribution in [1.29, 1.82) is 0 Å². The Bertz CT molecular complexity index is 850. The molecule has 7 heteroatoms. The third-order valence-corrected chi connectivity index (χ3v) is 4.63. The molecule has 1 N–H and O–H groups in total. The Morgan fingerprint density at radius 1 is 1.24 bits per heavy atom. The largest absolute Gasteiger partial charge is 0.497 e. The highest BCUT2D eigenvalue weighted by atomic mass is 16.5. The van der Waals surface area contributed by atoms with Gasteiger partial charge >= 0.3 is 0 Å². The summed E-state index contributed by atoms with van der Waals surface area (Å²) >= 11 is 0. The average molecular weight is 339 g/mol. The normalized spacial score (nSPS) is 15.5. The standard InChI is InChI=1S/C18H21N5O2/c1-22(2)18-20-13-6-4-5-12(13)17(21-18)23-10-16(24)19-14-9-11(25-3)7-8-15(14)23/h7-9H,4-6,10H2,1-3H3,(H,19,24). The van der Waals surface area contributed by atoms with E-state index >= 15 is 0 Å². The molecule has 130 valence electrons. The maximum absolute atomic E-state index is 12.3. The summed E-state index contributed by atoms with van der Waals surface area (Å²) in [6, 6.07) is 5.71. The van der Waals surface area contributed by atoms with Crippen LogP contribution in [0, 0.1) is 0 Å². The average Bonchev–Trinajstić information content (AvgIpc) is 3.08. The summed E-state index contributed by atoms with van der Waals surface area (Å²) in [5, 5.41) is 2.93. The molecular weight excluding hydrogens is 318 g/mol. The summed E-state index contributed by atoms with van der Waals surface area (Å²) in [6.45, 7) is 0.246. The van der Waals surface area contributed by atoms with Crippen LogP contribution < -0.4 is 19.9 Å². The van der Waals surface area contributed by atoms with Crippen LogP contribution in [0.2, 0.25) is 0 Å². The summed E-state index contributed by atoms with van der Waals surface area (Å²) in [5.41, 5.74) is 3.92. The molecule has 0 saturated carbocycles. The van der Waals surface area contributed by atoms with Crippen molar-refractivity contribution >= 4 is 29.0 Å². The molecule has 2 heterocycles. The number of aromatic nitrogens is 2. The number of amides is 1. The van der Waals surface area contributed by atoms with Gasteiger partial charge in [0.05, 0.1) is 24.2 Å². The van der Waals surface area contributed by atoms with Crippen LogP contribution in [0.15, 0.2) is 18.2 Å². The molecule has 1 aliphatic carbocycles. The van der Waals surface area contributed by atoms with Gasteiger partial charge in [0.25, 0.3) is 0 Å². The minimum Gasteiger partial charge on any atom is -0.497 e. The molecule has 0 atom stereocenters. The fourth-order valence-electron chi connectivity index (χ4n) is 3.41. The highest BCUT2D eigenvalue weighted by Crippen LogP contribution is 2.40. The van der Waals surface area contributed by atoms with Gasteiger partial charge in [-0.1, -0.05) is 0 Å². The van der Waals surface area contributed by atoms with Crippen LogP contribution in [0.5, 0.6) is 5.75 Å². The Hall–Kier alpha value is -2.83. The molecule has 0 bridgehead atoms. The number of carbonyl (C=O) groups excluding carboxylic acids is 1. The number of ether oxygens (including phenoxy) is 1. The van der Waals surface area contributed by atoms with Crippen molar-refractivity contribution < 1.29 is 9.53 Å². The summed E-state index contributed by atoms with van der Waals surface area (Å²) in [4.78, 5) is 25.6. The van der Waals surface area contributed by atoms with E-state index in [0.717, 1.165) is 47.7 Å². The molecule has 25 heavy (non-hydrogen) atoms. The van der Waals surface area contributed by atoms with Crippen molar-refractivity contribution in [3.63, 3.8) is 0 Å². The molecule has 0 radical (unpaired) electrons. The van der Waals surface area contributed by atoms with Crippen molar-refractivity contribution in [1.82, 2.24) is 9.97 Å². The monoisotopic (exact) mass is 339 g/mol. The smallest absolute Gasteiger partial charge is 0.244 e. The van der Waals surface area contributed by atoms with E-state index in [2.05, 4.69) is 10.3 Å². The number of hydrogen-bond donors (Lipinski definition) is 1. The fourth-order valence-corrected chi connectivity index (χ4v) is 3.41. The lowest BCUT2D eigenvalue weighted by Gasteiger charge is -2.32. The predicted molar refractivity (Wildman–Crippen MR) is 97.0 cm³/mol. The van der Waals surface area contributed by atoms with Gasteiger partial charge < -0.3 is 19.9 Å². The Labute approximate surface area is 146 Å². The molecule has 4 rings (SSSR count). The SMILES string of the molecule is COc1ccc2c(c1)NC(=O)CN2c1nc(N(C)C)nc2c1CCC2. The number of benzene rings is 1. The van der Waals surface area contributed by atoms with Crippen LogP contribution >= 0.6 is 0 Å². The van der Waals surface area contributed by atoms with Crippen molar-refractivity contribution in [3.8, 4) is 5.75 Å². The van der Waals surface area contributed by atoms with Gasteiger partial charge in [0.2, 0.25) is 11.9 Å². The third kappa shape index (κ3) is 2.65. The van der Waals surface area contributed by atoms with E-state index in [1.165, 1.54) is 0 Å². The number of anilines is 4. The topological polar surface area (TPSA) is 70.6 Å². The first-order valence-electron chi connectivity index (χ1n) is 8.39. The second kappa shape index (κ2) is 5.91. The van der Waals surface area contributed by atoms with Crippen LogP contribution in [-0.2, 0) is 17.6 Å². The number of methoxy groups -OCH3 is 1. The molecule has 0 spiro atoms. The Balaban J connectivity index is 1.87. The molecule has 1 aliphatic heterocycles. The Morgan fingerprint density at radius 2 is 2.08 bits per heavy atom. The van der Waals surface area contributed by atoms with Gasteiger partial charge in [-0.05, 0) is 31.4 Å². The van der Waals surface area contributed by atoms with Crippen LogP contribution in [0.3, 0.4) is 0 Å². The minimum absolute atomic E-state index is 0.0579. The number of rotatable bonds is 3. The van der Waals surface area contributed by atoms with Gasteiger partial charge in [-0.25, -0.2) is 4.98 Å². The van der Waals surface area contributed by atoms with Gasteiger partial charge in [0.1, 0.15) is 18.1 Å². The Morgan fingerprint density at radius 3 is 2.84 bits per heavy atom. The van der Waals surface area contributed by atoms with Crippen LogP contribution in [-0.4, -0.2) is 43.6 Å². The summed E-state index contributed by atoms with van der Waals surface area (Å²) < 4.78 is 5.28. The summed E-state index contributed by atoms with van der Waals surface area (Å²) in [6.07, 6.45) is 2.98. The van der Waals surface area contributed by atoms with Gasteiger partial charge in [0.15, 0.2) is 0 Å². The third-order valence-electron chi connectivity index (χ3n) is 4.63. The second-order valence-electron chi connectivity index (χ2n) is 6.54. The van der Waals surface area contributed by atoms with Crippen molar-refractivity contribution in [3.05, 3.63) is 29.5 Å². The fraction of sp³-hybridized carbons (Fsp3) is 0.389. The highest BCUT2D eigenvalue weighted by Gasteiger charge is 2.30. The molecule has 2 aromatic rings. The van der Waals surface area contributed by atoms with E-state index in [1.807, 2.05) is 42.1 Å². The molecule has 7 nitrogen and oxygen atoms in total. The first-order valence-corrected chi connectivity index (χ1v) is 8.39. The molecular formula is C18H21N5O2. The first kappa shape index (κ1) is 15.7. The molecule has 2 aliphatic rings. The van der Waals surface area contributed by atoms with E-state index in [4.69, 9.17) is 9.72 Å². The molecule has 1 aromatic carbocycles. The number of carbonyl (C=O) groups is 1. The first-order chi connectivity index (χ1) is 12.1. The number of fused-ring (bicyclic) bond motifs is 2. The lowest BCUT2D eigenvalue weighted by Crippen LogP contribution is -2.36. The number of hydrogen-bond acceptors (Lipinski definition) is 6. The molecule has 1 amide bonds. The second-order valence-corrected chi connectivity index (χ2v) is 6.54. The zero-order valence-electron chi connectivity index (χ0n) is 14.7. The lowest BCUT2D eigenvalue weighted by atomic mass is 10.1. The van der Waals surface area contributed by atoms with Gasteiger partial charge in [-0.3, -0.25) is 4.79 Å². The highest BCUT2D eigenvalue weighted by molar-refractivity contribution is 6.03. The van der Waals surface area contributed by atoms with Gasteiger partial charge in [-0.15, -0.1) is 0 Å². The van der Waals surface area contributed by atoms with E-state index < -0.39 is 0 Å². The minimum atomic E-state index is -0.0579. The number of nitrogens with one attached hydrogen (secondary N) is 1. The molecule has 0 fully saturated rings. The quantitative estimate of drug-likeness (QED) is 0.924. The maximum Gasteiger partial charge on any atom is 0.244 e. The zero-order valence-corrected chi connectivity index (χ0v) is 14.7. The van der Waals surface area contributed by atoms with Gasteiger partial charge in [0, 0.05) is 25.7 Å². The van der Waals surface area contributed by atoms with E-state index in [-0.39, 0.29) is 12.5 Å². The van der Waals surface area contributed by atoms with Crippen molar-refractivity contribution in [2.45, 2.75) is 19.3 Å². The predicted octanol–water partition coefficient (Wildman–Crippen LogP) is 2.13. The molecule has 0 saturated heterocycles.